The molecule has 0 fully saturated rings. The highest BCUT2D eigenvalue weighted by Crippen LogP contribution is 2.18. The Labute approximate surface area is 123 Å². The SMILES string of the molecule is CCc1nnc(NC(=O)/C=C/c2ccccc2Br)s1. The molecule has 1 aromatic heterocycles. The number of aromatic nitrogens is 2. The maximum Gasteiger partial charge on any atom is 0.250 e. The van der Waals surface area contributed by atoms with Gasteiger partial charge in [0.25, 0.3) is 0 Å². The van der Waals surface area contributed by atoms with E-state index in [4.69, 9.17) is 0 Å². The number of nitrogens with one attached hydrogen (secondary N) is 1. The lowest BCUT2D eigenvalue weighted by Gasteiger charge is -1.97. The number of rotatable bonds is 4. The standard InChI is InChI=1S/C13H12BrN3OS/c1-2-12-16-17-13(19-12)15-11(18)8-7-9-5-3-4-6-10(9)14/h3-8H,2H2,1H3,(H,15,17,18)/b8-7+. The van der Waals surface area contributed by atoms with Crippen molar-refractivity contribution >= 4 is 44.4 Å². The van der Waals surface area contributed by atoms with Gasteiger partial charge < -0.3 is 0 Å². The van der Waals surface area contributed by atoms with Gasteiger partial charge in [0.15, 0.2) is 0 Å². The molecular formula is C13H12BrN3OS. The molecule has 0 aliphatic heterocycles. The van der Waals surface area contributed by atoms with E-state index in [1.807, 2.05) is 31.2 Å². The molecule has 1 heterocycles. The molecule has 1 amide bonds. The number of carbonyl (C=O) groups is 1. The zero-order chi connectivity index (χ0) is 13.7. The summed E-state index contributed by atoms with van der Waals surface area (Å²) in [4.78, 5) is 11.7. The van der Waals surface area contributed by atoms with Gasteiger partial charge in [0, 0.05) is 10.5 Å². The smallest absolute Gasteiger partial charge is 0.250 e. The molecule has 2 aromatic rings. The zero-order valence-electron chi connectivity index (χ0n) is 10.3. The van der Waals surface area contributed by atoms with Gasteiger partial charge in [-0.15, -0.1) is 10.2 Å². The molecular weight excluding hydrogens is 326 g/mol. The molecule has 0 saturated carbocycles. The number of hydrogen-bond donors (Lipinski definition) is 1. The predicted molar refractivity (Wildman–Crippen MR) is 81.1 cm³/mol. The Hall–Kier alpha value is -1.53. The van der Waals surface area contributed by atoms with E-state index in [0.29, 0.717) is 5.13 Å². The summed E-state index contributed by atoms with van der Waals surface area (Å²) >= 11 is 4.81. The fourth-order valence-electron chi connectivity index (χ4n) is 1.37. The highest BCUT2D eigenvalue weighted by Gasteiger charge is 2.04. The summed E-state index contributed by atoms with van der Waals surface area (Å²) < 4.78 is 0.947. The molecule has 4 nitrogen and oxygen atoms in total. The molecule has 0 bridgehead atoms. The Morgan fingerprint density at radius 2 is 2.21 bits per heavy atom. The number of anilines is 1. The van der Waals surface area contributed by atoms with Crippen LogP contribution in [0.25, 0.3) is 6.08 Å². The van der Waals surface area contributed by atoms with Crippen molar-refractivity contribution in [2.45, 2.75) is 13.3 Å². The second kappa shape index (κ2) is 6.58. The van der Waals surface area contributed by atoms with Crippen LogP contribution in [0.3, 0.4) is 0 Å². The van der Waals surface area contributed by atoms with E-state index in [9.17, 15) is 4.79 Å². The van der Waals surface area contributed by atoms with Crippen LogP contribution in [0.4, 0.5) is 5.13 Å². The van der Waals surface area contributed by atoms with E-state index in [-0.39, 0.29) is 5.91 Å². The van der Waals surface area contributed by atoms with Crippen molar-refractivity contribution in [1.29, 1.82) is 0 Å². The predicted octanol–water partition coefficient (Wildman–Crippen LogP) is 3.51. The van der Waals surface area contributed by atoms with Crippen LogP contribution in [0.2, 0.25) is 0 Å². The lowest BCUT2D eigenvalue weighted by molar-refractivity contribution is -0.111. The zero-order valence-corrected chi connectivity index (χ0v) is 12.7. The monoisotopic (exact) mass is 337 g/mol. The van der Waals surface area contributed by atoms with Crippen LogP contribution in [-0.2, 0) is 11.2 Å². The molecule has 19 heavy (non-hydrogen) atoms. The first-order chi connectivity index (χ1) is 9.19. The number of aryl methyl sites for hydroxylation is 1. The first-order valence-corrected chi connectivity index (χ1v) is 7.36. The van der Waals surface area contributed by atoms with E-state index in [1.165, 1.54) is 17.4 Å². The fraction of sp³-hybridized carbons (Fsp3) is 0.154. The third-order valence-corrected chi connectivity index (χ3v) is 4.02. The molecule has 1 aromatic carbocycles. The summed E-state index contributed by atoms with van der Waals surface area (Å²) in [5.41, 5.74) is 0.948. The van der Waals surface area contributed by atoms with Crippen molar-refractivity contribution in [3.63, 3.8) is 0 Å². The topological polar surface area (TPSA) is 54.9 Å². The first kappa shape index (κ1) is 13.9. The second-order valence-electron chi connectivity index (χ2n) is 3.70. The second-order valence-corrected chi connectivity index (χ2v) is 5.62. The number of hydrogen-bond acceptors (Lipinski definition) is 4. The molecule has 2 rings (SSSR count). The van der Waals surface area contributed by atoms with Crippen LogP contribution in [0.15, 0.2) is 34.8 Å². The molecule has 0 aliphatic carbocycles. The lowest BCUT2D eigenvalue weighted by atomic mass is 10.2. The summed E-state index contributed by atoms with van der Waals surface area (Å²) in [6, 6.07) is 7.69. The van der Waals surface area contributed by atoms with Gasteiger partial charge in [-0.2, -0.15) is 0 Å². The van der Waals surface area contributed by atoms with Crippen LogP contribution in [0, 0.1) is 0 Å². The molecule has 0 saturated heterocycles. The van der Waals surface area contributed by atoms with Gasteiger partial charge in [-0.1, -0.05) is 52.4 Å². The normalized spacial score (nSPS) is 10.8. The van der Waals surface area contributed by atoms with E-state index >= 15 is 0 Å². The molecule has 0 unspecified atom stereocenters. The quantitative estimate of drug-likeness (QED) is 0.868. The summed E-state index contributed by atoms with van der Waals surface area (Å²) in [6.45, 7) is 2.00. The van der Waals surface area contributed by atoms with Crippen molar-refractivity contribution in [3.8, 4) is 0 Å². The Balaban J connectivity index is 1.99. The van der Waals surface area contributed by atoms with Crippen LogP contribution in [-0.4, -0.2) is 16.1 Å². The van der Waals surface area contributed by atoms with Gasteiger partial charge >= 0.3 is 0 Å². The van der Waals surface area contributed by atoms with Gasteiger partial charge in [0.2, 0.25) is 11.0 Å². The Bertz CT molecular complexity index is 609. The number of benzene rings is 1. The van der Waals surface area contributed by atoms with Crippen LogP contribution < -0.4 is 5.32 Å². The van der Waals surface area contributed by atoms with E-state index in [0.717, 1.165) is 21.5 Å². The lowest BCUT2D eigenvalue weighted by Crippen LogP contribution is -2.07. The van der Waals surface area contributed by atoms with Gasteiger partial charge in [0.05, 0.1) is 0 Å². The van der Waals surface area contributed by atoms with Gasteiger partial charge in [-0.25, -0.2) is 0 Å². The fourth-order valence-corrected chi connectivity index (χ4v) is 2.47. The molecule has 0 radical (unpaired) electrons. The summed E-state index contributed by atoms with van der Waals surface area (Å²) in [7, 11) is 0. The van der Waals surface area contributed by atoms with Crippen molar-refractivity contribution in [2.75, 3.05) is 5.32 Å². The minimum absolute atomic E-state index is 0.213. The van der Waals surface area contributed by atoms with E-state index < -0.39 is 0 Å². The van der Waals surface area contributed by atoms with Gasteiger partial charge in [-0.05, 0) is 24.1 Å². The number of nitrogens with zero attached hydrogens (tertiary/aromatic N) is 2. The molecule has 0 atom stereocenters. The highest BCUT2D eigenvalue weighted by molar-refractivity contribution is 9.10. The van der Waals surface area contributed by atoms with Crippen LogP contribution in [0.5, 0.6) is 0 Å². The van der Waals surface area contributed by atoms with Crippen molar-refractivity contribution in [2.24, 2.45) is 0 Å². The molecule has 1 N–H and O–H groups in total. The molecule has 98 valence electrons. The third-order valence-electron chi connectivity index (χ3n) is 2.32. The van der Waals surface area contributed by atoms with Crippen LogP contribution in [0.1, 0.15) is 17.5 Å². The minimum Gasteiger partial charge on any atom is -0.297 e. The molecule has 0 aliphatic rings. The minimum atomic E-state index is -0.213. The first-order valence-electron chi connectivity index (χ1n) is 5.75. The Morgan fingerprint density at radius 3 is 2.89 bits per heavy atom. The summed E-state index contributed by atoms with van der Waals surface area (Å²) in [5, 5.41) is 12.0. The summed E-state index contributed by atoms with van der Waals surface area (Å²) in [6.07, 6.45) is 4.05. The van der Waals surface area contributed by atoms with Crippen molar-refractivity contribution < 1.29 is 4.79 Å². The van der Waals surface area contributed by atoms with Crippen molar-refractivity contribution in [3.05, 3.63) is 45.4 Å². The van der Waals surface area contributed by atoms with Gasteiger partial charge in [-0.3, -0.25) is 10.1 Å². The number of carbonyl (C=O) groups excluding carboxylic acids is 1. The number of halogens is 1. The largest absolute Gasteiger partial charge is 0.297 e. The number of amides is 1. The Morgan fingerprint density at radius 1 is 1.42 bits per heavy atom. The van der Waals surface area contributed by atoms with Crippen LogP contribution >= 0.6 is 27.3 Å². The maximum atomic E-state index is 11.7. The highest BCUT2D eigenvalue weighted by atomic mass is 79.9. The molecule has 0 spiro atoms. The maximum absolute atomic E-state index is 11.7. The van der Waals surface area contributed by atoms with Crippen molar-refractivity contribution in [1.82, 2.24) is 10.2 Å². The average Bonchev–Trinajstić information content (AvgIpc) is 2.85. The Kier molecular flexibility index (Phi) is 4.81. The van der Waals surface area contributed by atoms with E-state index in [1.54, 1.807) is 6.08 Å². The van der Waals surface area contributed by atoms with Gasteiger partial charge in [0.1, 0.15) is 5.01 Å². The summed E-state index contributed by atoms with van der Waals surface area (Å²) in [5.74, 6) is -0.213. The third kappa shape index (κ3) is 3.97. The average molecular weight is 338 g/mol. The van der Waals surface area contributed by atoms with E-state index in [2.05, 4.69) is 31.4 Å². The molecule has 6 heteroatoms.